The van der Waals surface area contributed by atoms with Gasteiger partial charge in [0.25, 0.3) is 10.1 Å². The lowest BCUT2D eigenvalue weighted by atomic mass is 9.99. The summed E-state index contributed by atoms with van der Waals surface area (Å²) in [6.45, 7) is 0. The van der Waals surface area contributed by atoms with Crippen molar-refractivity contribution in [1.82, 2.24) is 0 Å². The molecule has 2 aliphatic rings. The monoisotopic (exact) mass is 474 g/mol. The van der Waals surface area contributed by atoms with Gasteiger partial charge in [0, 0.05) is 5.56 Å². The molecule has 4 nitrogen and oxygen atoms in total. The number of benzene rings is 2. The summed E-state index contributed by atoms with van der Waals surface area (Å²) < 4.78 is 35.4. The molecule has 0 aromatic heterocycles. The largest absolute Gasteiger partial charge is 0.496 e. The Balaban J connectivity index is 1.84. The van der Waals surface area contributed by atoms with Gasteiger partial charge in [-0.05, 0) is 66.1 Å². The predicted octanol–water partition coefficient (Wildman–Crippen LogP) is 6.47. The van der Waals surface area contributed by atoms with Crippen LogP contribution in [0, 0.1) is 0 Å². The van der Waals surface area contributed by atoms with Crippen LogP contribution in [0.5, 0.6) is 5.75 Å². The summed E-state index contributed by atoms with van der Waals surface area (Å²) in [4.78, 5) is 0.172. The van der Waals surface area contributed by atoms with E-state index >= 15 is 0 Å². The lowest BCUT2D eigenvalue weighted by molar-refractivity contribution is 0.397. The first-order valence-electron chi connectivity index (χ1n) is 11.9. The topological polar surface area (TPSA) is 52.6 Å². The highest BCUT2D eigenvalue weighted by Gasteiger charge is 2.34. The molecule has 6 heteroatoms. The van der Waals surface area contributed by atoms with E-state index in [1.807, 2.05) is 0 Å². The van der Waals surface area contributed by atoms with Gasteiger partial charge in [-0.3, -0.25) is 4.18 Å². The molecule has 0 bridgehead atoms. The molecule has 2 aromatic rings. The summed E-state index contributed by atoms with van der Waals surface area (Å²) in [6.07, 6.45) is 13.4. The molecule has 2 fully saturated rings. The van der Waals surface area contributed by atoms with Gasteiger partial charge in [0.1, 0.15) is 5.75 Å². The Bertz CT molecular complexity index is 990. The Kier molecular flexibility index (Phi) is 7.91. The van der Waals surface area contributed by atoms with Crippen molar-refractivity contribution in [2.24, 2.45) is 0 Å². The maximum Gasteiger partial charge on any atom is 0.296 e. The Labute approximate surface area is 194 Å². The molecule has 0 saturated heterocycles. The van der Waals surface area contributed by atoms with E-state index in [0.717, 1.165) is 22.4 Å². The fourth-order valence-corrected chi connectivity index (χ4v) is 10.1. The molecule has 4 rings (SSSR count). The second-order valence-corrected chi connectivity index (χ2v) is 13.5. The Morgan fingerprint density at radius 2 is 1.38 bits per heavy atom. The van der Waals surface area contributed by atoms with Gasteiger partial charge in [0.2, 0.25) is 0 Å². The quantitative estimate of drug-likeness (QED) is 0.341. The average molecular weight is 475 g/mol. The van der Waals surface area contributed by atoms with Gasteiger partial charge >= 0.3 is 0 Å². The van der Waals surface area contributed by atoms with Crippen LogP contribution in [-0.2, 0) is 14.3 Å². The second-order valence-electron chi connectivity index (χ2n) is 8.99. The molecular weight excluding hydrogens is 439 g/mol. The highest BCUT2D eigenvalue weighted by Crippen LogP contribution is 2.56. The van der Waals surface area contributed by atoms with Crippen LogP contribution in [0.1, 0.15) is 64.2 Å². The SMILES string of the molecule is COc1ccc(S(=O)(=O)OC)cc1-c1ccccc1P(C1CCCCC1)C1CCCCC1. The minimum absolute atomic E-state index is 0.172. The fraction of sp³-hybridized carbons (Fsp3) is 0.538. The minimum Gasteiger partial charge on any atom is -0.496 e. The number of ether oxygens (including phenoxy) is 1. The molecule has 0 atom stereocenters. The molecule has 174 valence electrons. The normalized spacial score (nSPS) is 18.7. The van der Waals surface area contributed by atoms with Crippen molar-refractivity contribution in [2.45, 2.75) is 80.4 Å². The van der Waals surface area contributed by atoms with Gasteiger partial charge in [0.05, 0.1) is 19.1 Å². The van der Waals surface area contributed by atoms with Crippen LogP contribution in [0.25, 0.3) is 11.1 Å². The van der Waals surface area contributed by atoms with Crippen LogP contribution in [0.15, 0.2) is 47.4 Å². The van der Waals surface area contributed by atoms with Crippen LogP contribution in [0.2, 0.25) is 0 Å². The third kappa shape index (κ3) is 5.05. The number of methoxy groups -OCH3 is 1. The minimum atomic E-state index is -3.78. The van der Waals surface area contributed by atoms with E-state index in [0.29, 0.717) is 5.75 Å². The van der Waals surface area contributed by atoms with Gasteiger partial charge in [-0.2, -0.15) is 8.42 Å². The summed E-state index contributed by atoms with van der Waals surface area (Å²) in [6, 6.07) is 13.7. The Morgan fingerprint density at radius 1 is 0.781 bits per heavy atom. The van der Waals surface area contributed by atoms with Crippen molar-refractivity contribution in [3.05, 3.63) is 42.5 Å². The van der Waals surface area contributed by atoms with Crippen LogP contribution < -0.4 is 10.0 Å². The van der Waals surface area contributed by atoms with Crippen LogP contribution in [0.3, 0.4) is 0 Å². The Morgan fingerprint density at radius 3 is 1.94 bits per heavy atom. The first-order valence-corrected chi connectivity index (χ1v) is 14.8. The molecule has 0 heterocycles. The van der Waals surface area contributed by atoms with Crippen LogP contribution in [-0.4, -0.2) is 34.0 Å². The molecule has 0 unspecified atom stereocenters. The van der Waals surface area contributed by atoms with Gasteiger partial charge in [-0.25, -0.2) is 0 Å². The highest BCUT2D eigenvalue weighted by molar-refractivity contribution is 7.86. The van der Waals surface area contributed by atoms with Crippen molar-refractivity contribution >= 4 is 23.3 Å². The summed E-state index contributed by atoms with van der Waals surface area (Å²) in [5.41, 5.74) is 3.50. The van der Waals surface area contributed by atoms with Gasteiger partial charge in [-0.1, -0.05) is 70.7 Å². The predicted molar refractivity (Wildman–Crippen MR) is 133 cm³/mol. The van der Waals surface area contributed by atoms with Crippen LogP contribution >= 0.6 is 7.92 Å². The zero-order valence-electron chi connectivity index (χ0n) is 19.3. The maximum absolute atomic E-state index is 12.4. The van der Waals surface area contributed by atoms with Crippen molar-refractivity contribution in [3.63, 3.8) is 0 Å². The third-order valence-corrected chi connectivity index (χ3v) is 11.9. The maximum atomic E-state index is 12.4. The molecule has 32 heavy (non-hydrogen) atoms. The number of hydrogen-bond donors (Lipinski definition) is 0. The molecule has 0 aliphatic heterocycles. The van der Waals surface area contributed by atoms with E-state index in [1.165, 1.54) is 76.6 Å². The van der Waals surface area contributed by atoms with Crippen molar-refractivity contribution < 1.29 is 17.3 Å². The van der Waals surface area contributed by atoms with E-state index in [9.17, 15) is 8.42 Å². The first-order chi connectivity index (χ1) is 15.5. The van der Waals surface area contributed by atoms with Crippen LogP contribution in [0.4, 0.5) is 0 Å². The third-order valence-electron chi connectivity index (χ3n) is 7.09. The lowest BCUT2D eigenvalue weighted by Gasteiger charge is -2.39. The van der Waals surface area contributed by atoms with Crippen molar-refractivity contribution in [3.8, 4) is 16.9 Å². The Hall–Kier alpha value is -1.42. The molecular formula is C26H35O4PS. The van der Waals surface area contributed by atoms with E-state index in [-0.39, 0.29) is 12.8 Å². The van der Waals surface area contributed by atoms with Gasteiger partial charge < -0.3 is 4.74 Å². The molecule has 0 radical (unpaired) electrons. The molecule has 0 amide bonds. The lowest BCUT2D eigenvalue weighted by Crippen LogP contribution is -2.27. The van der Waals surface area contributed by atoms with E-state index < -0.39 is 10.1 Å². The fourth-order valence-electron chi connectivity index (χ4n) is 5.49. The molecule has 2 aromatic carbocycles. The first kappa shape index (κ1) is 23.7. The van der Waals surface area contributed by atoms with Gasteiger partial charge in [-0.15, -0.1) is 0 Å². The van der Waals surface area contributed by atoms with Gasteiger partial charge in [0.15, 0.2) is 0 Å². The highest BCUT2D eigenvalue weighted by atomic mass is 32.2. The molecule has 2 saturated carbocycles. The summed E-state index contributed by atoms with van der Waals surface area (Å²) in [5, 5.41) is 1.42. The van der Waals surface area contributed by atoms with E-state index in [4.69, 9.17) is 8.92 Å². The summed E-state index contributed by atoms with van der Waals surface area (Å²) >= 11 is 0. The zero-order valence-corrected chi connectivity index (χ0v) is 21.0. The zero-order chi connectivity index (χ0) is 22.6. The standard InChI is InChI=1S/C26H35O4PS/c1-29-25-18-17-22(32(27,28)30-2)19-24(25)23-15-9-10-16-26(23)31(20-11-5-3-6-12-20)21-13-7-4-8-14-21/h9-10,15-21H,3-8,11-14H2,1-2H3. The molecule has 0 N–H and O–H groups in total. The smallest absolute Gasteiger partial charge is 0.296 e. The number of hydrogen-bond acceptors (Lipinski definition) is 4. The van der Waals surface area contributed by atoms with E-state index in [1.54, 1.807) is 25.3 Å². The second kappa shape index (κ2) is 10.7. The van der Waals surface area contributed by atoms with E-state index in [2.05, 4.69) is 24.3 Å². The molecule has 0 spiro atoms. The number of rotatable bonds is 7. The molecule has 2 aliphatic carbocycles. The van der Waals surface area contributed by atoms with Crippen molar-refractivity contribution in [2.75, 3.05) is 14.2 Å². The van der Waals surface area contributed by atoms with Crippen molar-refractivity contribution in [1.29, 1.82) is 0 Å². The summed E-state index contributed by atoms with van der Waals surface area (Å²) in [5.74, 6) is 0.703. The average Bonchev–Trinajstić information content (AvgIpc) is 2.85. The summed E-state index contributed by atoms with van der Waals surface area (Å²) in [7, 11) is -1.25.